The van der Waals surface area contributed by atoms with Gasteiger partial charge in [0.25, 0.3) is 0 Å². The van der Waals surface area contributed by atoms with Crippen molar-refractivity contribution in [1.29, 1.82) is 0 Å². The molecule has 0 aromatic heterocycles. The van der Waals surface area contributed by atoms with E-state index in [2.05, 4.69) is 6.92 Å². The summed E-state index contributed by atoms with van der Waals surface area (Å²) < 4.78 is 5.07. The average molecular weight is 240 g/mol. The third-order valence-corrected chi connectivity index (χ3v) is 2.74. The van der Waals surface area contributed by atoms with Crippen LogP contribution in [0.5, 0.6) is 0 Å². The first-order valence-corrected chi connectivity index (χ1v) is 6.20. The summed E-state index contributed by atoms with van der Waals surface area (Å²) in [6.07, 6.45) is 0. The molecule has 0 aliphatic carbocycles. The van der Waals surface area contributed by atoms with Crippen LogP contribution in [0.3, 0.4) is 0 Å². The SMILES string of the molecule is CCSCCOC(=O)c1cc(N)cc(N)c1. The molecule has 1 rings (SSSR count). The Hall–Kier alpha value is -1.36. The first-order valence-electron chi connectivity index (χ1n) is 5.04. The molecule has 0 aliphatic rings. The maximum Gasteiger partial charge on any atom is 0.338 e. The van der Waals surface area contributed by atoms with E-state index in [9.17, 15) is 4.79 Å². The second kappa shape index (κ2) is 6.27. The van der Waals surface area contributed by atoms with Crippen molar-refractivity contribution >= 4 is 29.1 Å². The van der Waals surface area contributed by atoms with Crippen LogP contribution in [0.15, 0.2) is 18.2 Å². The van der Waals surface area contributed by atoms with Crippen molar-refractivity contribution in [3.63, 3.8) is 0 Å². The summed E-state index contributed by atoms with van der Waals surface area (Å²) in [6.45, 7) is 2.47. The van der Waals surface area contributed by atoms with Crippen LogP contribution in [-0.4, -0.2) is 24.1 Å². The minimum Gasteiger partial charge on any atom is -0.461 e. The number of hydrogen-bond donors (Lipinski definition) is 2. The van der Waals surface area contributed by atoms with Gasteiger partial charge in [-0.25, -0.2) is 4.79 Å². The highest BCUT2D eigenvalue weighted by Crippen LogP contribution is 2.14. The molecule has 1 aromatic rings. The fraction of sp³-hybridized carbons (Fsp3) is 0.364. The van der Waals surface area contributed by atoms with Gasteiger partial charge in [-0.2, -0.15) is 11.8 Å². The number of carbonyl (C=O) groups is 1. The Morgan fingerprint density at radius 3 is 2.50 bits per heavy atom. The minimum absolute atomic E-state index is 0.379. The van der Waals surface area contributed by atoms with E-state index in [0.717, 1.165) is 11.5 Å². The lowest BCUT2D eigenvalue weighted by Crippen LogP contribution is -2.09. The number of esters is 1. The highest BCUT2D eigenvalue weighted by molar-refractivity contribution is 7.99. The third-order valence-electron chi connectivity index (χ3n) is 1.88. The maximum absolute atomic E-state index is 11.6. The van der Waals surface area contributed by atoms with E-state index in [1.54, 1.807) is 30.0 Å². The van der Waals surface area contributed by atoms with Crippen LogP contribution >= 0.6 is 11.8 Å². The Morgan fingerprint density at radius 2 is 1.94 bits per heavy atom. The Kier molecular flexibility index (Phi) is 4.98. The summed E-state index contributed by atoms with van der Waals surface area (Å²) in [7, 11) is 0. The average Bonchev–Trinajstić information content (AvgIpc) is 2.22. The monoisotopic (exact) mass is 240 g/mol. The van der Waals surface area contributed by atoms with Gasteiger partial charge >= 0.3 is 5.97 Å². The molecule has 0 atom stereocenters. The van der Waals surface area contributed by atoms with Gasteiger partial charge in [0.05, 0.1) is 5.56 Å². The number of ether oxygens (including phenoxy) is 1. The zero-order valence-corrected chi connectivity index (χ0v) is 10.0. The molecular weight excluding hydrogens is 224 g/mol. The van der Waals surface area contributed by atoms with E-state index in [4.69, 9.17) is 16.2 Å². The van der Waals surface area contributed by atoms with Gasteiger partial charge in [0.2, 0.25) is 0 Å². The van der Waals surface area contributed by atoms with Crippen molar-refractivity contribution in [2.75, 3.05) is 29.6 Å². The lowest BCUT2D eigenvalue weighted by Gasteiger charge is -2.05. The molecule has 0 saturated carbocycles. The fourth-order valence-corrected chi connectivity index (χ4v) is 1.71. The van der Waals surface area contributed by atoms with Gasteiger partial charge in [-0.1, -0.05) is 6.92 Å². The molecule has 0 amide bonds. The van der Waals surface area contributed by atoms with Crippen LogP contribution in [0.25, 0.3) is 0 Å². The molecule has 4 nitrogen and oxygen atoms in total. The molecule has 0 spiro atoms. The normalized spacial score (nSPS) is 10.1. The molecule has 0 bridgehead atoms. The topological polar surface area (TPSA) is 78.3 Å². The van der Waals surface area contributed by atoms with E-state index in [-0.39, 0.29) is 5.97 Å². The molecule has 0 radical (unpaired) electrons. The van der Waals surface area contributed by atoms with E-state index >= 15 is 0 Å². The molecule has 16 heavy (non-hydrogen) atoms. The minimum atomic E-state index is -0.379. The third kappa shape index (κ3) is 4.02. The zero-order chi connectivity index (χ0) is 12.0. The highest BCUT2D eigenvalue weighted by Gasteiger charge is 2.08. The largest absolute Gasteiger partial charge is 0.461 e. The number of benzene rings is 1. The highest BCUT2D eigenvalue weighted by atomic mass is 32.2. The van der Waals surface area contributed by atoms with Crippen molar-refractivity contribution in [2.24, 2.45) is 0 Å². The number of anilines is 2. The number of rotatable bonds is 5. The number of nitrogens with two attached hydrogens (primary N) is 2. The molecule has 88 valence electrons. The van der Waals surface area contributed by atoms with E-state index in [1.165, 1.54) is 0 Å². The zero-order valence-electron chi connectivity index (χ0n) is 9.23. The Labute approximate surface area is 99.3 Å². The maximum atomic E-state index is 11.6. The smallest absolute Gasteiger partial charge is 0.338 e. The van der Waals surface area contributed by atoms with E-state index in [1.807, 2.05) is 0 Å². The van der Waals surface area contributed by atoms with Crippen LogP contribution in [0.1, 0.15) is 17.3 Å². The molecular formula is C11H16N2O2S. The van der Waals surface area contributed by atoms with Crippen molar-refractivity contribution in [3.05, 3.63) is 23.8 Å². The summed E-state index contributed by atoms with van der Waals surface area (Å²) in [5.74, 6) is 1.44. The lowest BCUT2D eigenvalue weighted by atomic mass is 10.2. The quantitative estimate of drug-likeness (QED) is 0.466. The number of nitrogen functional groups attached to an aromatic ring is 2. The fourth-order valence-electron chi connectivity index (χ4n) is 1.22. The summed E-state index contributed by atoms with van der Waals surface area (Å²) in [5, 5.41) is 0. The molecule has 0 unspecified atom stereocenters. The molecule has 1 aromatic carbocycles. The van der Waals surface area contributed by atoms with E-state index in [0.29, 0.717) is 23.5 Å². The van der Waals surface area contributed by atoms with Gasteiger partial charge in [0.1, 0.15) is 6.61 Å². The second-order valence-corrected chi connectivity index (χ2v) is 4.62. The Balaban J connectivity index is 2.52. The Morgan fingerprint density at radius 1 is 1.31 bits per heavy atom. The summed E-state index contributed by atoms with van der Waals surface area (Å²) in [4.78, 5) is 11.6. The molecule has 4 N–H and O–H groups in total. The lowest BCUT2D eigenvalue weighted by molar-refractivity contribution is 0.0530. The number of carbonyl (C=O) groups excluding carboxylic acids is 1. The van der Waals surface area contributed by atoms with Gasteiger partial charge < -0.3 is 16.2 Å². The van der Waals surface area contributed by atoms with Gasteiger partial charge in [-0.3, -0.25) is 0 Å². The number of thioether (sulfide) groups is 1. The van der Waals surface area contributed by atoms with Crippen molar-refractivity contribution < 1.29 is 9.53 Å². The van der Waals surface area contributed by atoms with Gasteiger partial charge in [-0.05, 0) is 24.0 Å². The first-order chi connectivity index (χ1) is 7.63. The Bertz CT molecular complexity index is 349. The van der Waals surface area contributed by atoms with Crippen molar-refractivity contribution in [1.82, 2.24) is 0 Å². The van der Waals surface area contributed by atoms with Crippen molar-refractivity contribution in [2.45, 2.75) is 6.92 Å². The summed E-state index contributed by atoms with van der Waals surface area (Å²) in [6, 6.07) is 4.72. The number of hydrogen-bond acceptors (Lipinski definition) is 5. The van der Waals surface area contributed by atoms with Crippen LogP contribution in [-0.2, 0) is 4.74 Å². The summed E-state index contributed by atoms with van der Waals surface area (Å²) >= 11 is 1.72. The molecule has 0 heterocycles. The predicted molar refractivity (Wildman–Crippen MR) is 68.5 cm³/mol. The molecule has 0 aliphatic heterocycles. The van der Waals surface area contributed by atoms with Crippen LogP contribution in [0, 0.1) is 0 Å². The first kappa shape index (κ1) is 12.7. The van der Waals surface area contributed by atoms with Gasteiger partial charge in [-0.15, -0.1) is 0 Å². The predicted octanol–water partition coefficient (Wildman–Crippen LogP) is 1.76. The van der Waals surface area contributed by atoms with Crippen LogP contribution in [0.2, 0.25) is 0 Å². The van der Waals surface area contributed by atoms with E-state index < -0.39 is 0 Å². The van der Waals surface area contributed by atoms with Gasteiger partial charge in [0.15, 0.2) is 0 Å². The molecule has 0 saturated heterocycles. The standard InChI is InChI=1S/C11H16N2O2S/c1-2-16-4-3-15-11(14)8-5-9(12)7-10(13)6-8/h5-7H,2-4,12-13H2,1H3. The van der Waals surface area contributed by atoms with Crippen LogP contribution in [0.4, 0.5) is 11.4 Å². The van der Waals surface area contributed by atoms with Crippen LogP contribution < -0.4 is 11.5 Å². The van der Waals surface area contributed by atoms with Crippen molar-refractivity contribution in [3.8, 4) is 0 Å². The second-order valence-electron chi connectivity index (χ2n) is 3.22. The molecule has 0 fully saturated rings. The van der Waals surface area contributed by atoms with Gasteiger partial charge in [0, 0.05) is 17.1 Å². The summed E-state index contributed by atoms with van der Waals surface area (Å²) in [5.41, 5.74) is 12.5. The molecule has 5 heteroatoms.